The quantitative estimate of drug-likeness (QED) is 0.511. The van der Waals surface area contributed by atoms with Gasteiger partial charge in [-0.3, -0.25) is 9.69 Å². The van der Waals surface area contributed by atoms with Crippen molar-refractivity contribution in [3.8, 4) is 0 Å². The SMILES string of the molecule is COC(=O)[C@H](c1ccccc1Cl)N1CCC(SC(=O)c2ccccc2)/C(=C\C(=O)O)C1. The Hall–Kier alpha value is -2.61. The number of rotatable bonds is 6. The van der Waals surface area contributed by atoms with Gasteiger partial charge in [-0.25, -0.2) is 9.59 Å². The van der Waals surface area contributed by atoms with Crippen LogP contribution in [0.4, 0.5) is 0 Å². The zero-order valence-corrected chi connectivity index (χ0v) is 18.4. The Labute approximate surface area is 189 Å². The van der Waals surface area contributed by atoms with Gasteiger partial charge in [0.05, 0.1) is 7.11 Å². The minimum Gasteiger partial charge on any atom is -0.478 e. The highest BCUT2D eigenvalue weighted by molar-refractivity contribution is 8.14. The summed E-state index contributed by atoms with van der Waals surface area (Å²) < 4.78 is 5.01. The molecule has 31 heavy (non-hydrogen) atoms. The first-order valence-corrected chi connectivity index (χ1v) is 10.9. The highest BCUT2D eigenvalue weighted by atomic mass is 35.5. The Bertz CT molecular complexity index is 994. The fourth-order valence-corrected chi connectivity index (χ4v) is 4.88. The van der Waals surface area contributed by atoms with Crippen LogP contribution in [0, 0.1) is 0 Å². The summed E-state index contributed by atoms with van der Waals surface area (Å²) in [6.45, 7) is 0.679. The van der Waals surface area contributed by atoms with Gasteiger partial charge in [0, 0.05) is 35.0 Å². The Morgan fingerprint density at radius 1 is 1.16 bits per heavy atom. The lowest BCUT2D eigenvalue weighted by Crippen LogP contribution is -2.43. The number of piperidine rings is 1. The lowest BCUT2D eigenvalue weighted by atomic mass is 9.98. The van der Waals surface area contributed by atoms with E-state index in [0.717, 1.165) is 17.8 Å². The zero-order chi connectivity index (χ0) is 22.4. The number of hydrogen-bond acceptors (Lipinski definition) is 6. The second kappa shape index (κ2) is 10.6. The fourth-order valence-electron chi connectivity index (χ4n) is 3.59. The third kappa shape index (κ3) is 5.76. The first-order valence-electron chi connectivity index (χ1n) is 9.66. The third-order valence-corrected chi connectivity index (χ3v) is 6.65. The minimum atomic E-state index is -1.10. The molecule has 8 heteroatoms. The summed E-state index contributed by atoms with van der Waals surface area (Å²) in [6, 6.07) is 15.1. The standard InChI is InChI=1S/C23H22ClNO5S/c1-30-22(28)21(17-9-5-6-10-18(17)24)25-12-11-19(16(14-25)13-20(26)27)31-23(29)15-7-3-2-4-8-15/h2-10,13,19,21H,11-12,14H2,1H3,(H,26,27)/b16-13-/t19?,21-/m0/s1. The first-order chi connectivity index (χ1) is 14.9. The van der Waals surface area contributed by atoms with Crippen LogP contribution >= 0.6 is 23.4 Å². The molecule has 1 heterocycles. The summed E-state index contributed by atoms with van der Waals surface area (Å²) in [5.41, 5.74) is 1.72. The van der Waals surface area contributed by atoms with Crippen molar-refractivity contribution in [2.75, 3.05) is 20.2 Å². The number of thioether (sulfide) groups is 1. The summed E-state index contributed by atoms with van der Waals surface area (Å²) in [5.74, 6) is -1.57. The summed E-state index contributed by atoms with van der Waals surface area (Å²) >= 11 is 7.44. The number of carbonyl (C=O) groups is 3. The van der Waals surface area contributed by atoms with Crippen LogP contribution in [0.5, 0.6) is 0 Å². The van der Waals surface area contributed by atoms with E-state index in [1.54, 1.807) is 48.5 Å². The topological polar surface area (TPSA) is 83.9 Å². The number of esters is 1. The molecule has 1 aliphatic rings. The van der Waals surface area contributed by atoms with Gasteiger partial charge in [0.15, 0.2) is 0 Å². The molecule has 0 radical (unpaired) electrons. The number of carboxylic acid groups (broad SMARTS) is 1. The van der Waals surface area contributed by atoms with Crippen LogP contribution in [0.25, 0.3) is 0 Å². The third-order valence-electron chi connectivity index (χ3n) is 5.03. The predicted molar refractivity (Wildman–Crippen MR) is 120 cm³/mol. The number of carboxylic acids is 1. The van der Waals surface area contributed by atoms with Gasteiger partial charge in [0.1, 0.15) is 6.04 Å². The van der Waals surface area contributed by atoms with Crippen molar-refractivity contribution in [3.63, 3.8) is 0 Å². The molecular formula is C23H22ClNO5S. The molecule has 162 valence electrons. The number of ether oxygens (including phenoxy) is 1. The van der Waals surface area contributed by atoms with Crippen molar-refractivity contribution in [2.24, 2.45) is 0 Å². The van der Waals surface area contributed by atoms with Gasteiger partial charge in [-0.15, -0.1) is 0 Å². The molecule has 0 aromatic heterocycles. The van der Waals surface area contributed by atoms with Crippen LogP contribution in [-0.2, 0) is 14.3 Å². The van der Waals surface area contributed by atoms with E-state index in [-0.39, 0.29) is 16.9 Å². The molecule has 1 fully saturated rings. The van der Waals surface area contributed by atoms with E-state index in [1.807, 2.05) is 11.0 Å². The molecule has 3 rings (SSSR count). The number of aliphatic carboxylic acids is 1. The van der Waals surface area contributed by atoms with E-state index in [4.69, 9.17) is 16.3 Å². The molecule has 1 unspecified atom stereocenters. The zero-order valence-electron chi connectivity index (χ0n) is 16.9. The smallest absolute Gasteiger partial charge is 0.328 e. The molecular weight excluding hydrogens is 438 g/mol. The van der Waals surface area contributed by atoms with E-state index < -0.39 is 18.0 Å². The molecule has 0 spiro atoms. The van der Waals surface area contributed by atoms with Crippen molar-refractivity contribution in [1.29, 1.82) is 0 Å². The van der Waals surface area contributed by atoms with Crippen LogP contribution in [0.2, 0.25) is 5.02 Å². The van der Waals surface area contributed by atoms with Gasteiger partial charge < -0.3 is 9.84 Å². The van der Waals surface area contributed by atoms with Gasteiger partial charge in [-0.2, -0.15) is 0 Å². The monoisotopic (exact) mass is 459 g/mol. The van der Waals surface area contributed by atoms with Crippen LogP contribution in [0.15, 0.2) is 66.2 Å². The summed E-state index contributed by atoms with van der Waals surface area (Å²) in [4.78, 5) is 38.6. The van der Waals surface area contributed by atoms with Crippen molar-refractivity contribution >= 4 is 40.4 Å². The van der Waals surface area contributed by atoms with Crippen molar-refractivity contribution in [3.05, 3.63) is 82.4 Å². The second-order valence-electron chi connectivity index (χ2n) is 7.02. The molecule has 2 atom stereocenters. The van der Waals surface area contributed by atoms with Crippen LogP contribution in [0.1, 0.15) is 28.4 Å². The summed E-state index contributed by atoms with van der Waals surface area (Å²) in [7, 11) is 1.31. The van der Waals surface area contributed by atoms with E-state index in [1.165, 1.54) is 7.11 Å². The molecule has 0 amide bonds. The lowest BCUT2D eigenvalue weighted by Gasteiger charge is -2.37. The highest BCUT2D eigenvalue weighted by Gasteiger charge is 2.36. The summed E-state index contributed by atoms with van der Waals surface area (Å²) in [5, 5.41) is 9.38. The maximum Gasteiger partial charge on any atom is 0.328 e. The highest BCUT2D eigenvalue weighted by Crippen LogP contribution is 2.36. The molecule has 1 N–H and O–H groups in total. The molecule has 2 aromatic rings. The number of nitrogens with zero attached hydrogens (tertiary/aromatic N) is 1. The van der Waals surface area contributed by atoms with Gasteiger partial charge in [-0.1, -0.05) is 71.9 Å². The normalized spacial score (nSPS) is 19.0. The lowest BCUT2D eigenvalue weighted by molar-refractivity contribution is -0.147. The molecule has 0 saturated carbocycles. The van der Waals surface area contributed by atoms with Crippen LogP contribution < -0.4 is 0 Å². The van der Waals surface area contributed by atoms with E-state index in [9.17, 15) is 19.5 Å². The molecule has 0 bridgehead atoms. The van der Waals surface area contributed by atoms with Crippen molar-refractivity contribution in [1.82, 2.24) is 4.90 Å². The molecule has 1 saturated heterocycles. The Morgan fingerprint density at radius 3 is 2.48 bits per heavy atom. The first kappa shape index (κ1) is 23.1. The Balaban J connectivity index is 1.86. The molecule has 6 nitrogen and oxygen atoms in total. The number of benzene rings is 2. The minimum absolute atomic E-state index is 0.119. The average molecular weight is 460 g/mol. The van der Waals surface area contributed by atoms with E-state index >= 15 is 0 Å². The Morgan fingerprint density at radius 2 is 1.84 bits per heavy atom. The van der Waals surface area contributed by atoms with Crippen molar-refractivity contribution in [2.45, 2.75) is 17.7 Å². The molecule has 1 aliphatic heterocycles. The average Bonchev–Trinajstić information content (AvgIpc) is 2.77. The molecule has 2 aromatic carbocycles. The van der Waals surface area contributed by atoms with Gasteiger partial charge >= 0.3 is 11.9 Å². The van der Waals surface area contributed by atoms with E-state index in [2.05, 4.69) is 0 Å². The maximum atomic E-state index is 12.7. The van der Waals surface area contributed by atoms with Gasteiger partial charge in [0.2, 0.25) is 5.12 Å². The maximum absolute atomic E-state index is 12.7. The summed E-state index contributed by atoms with van der Waals surface area (Å²) in [6.07, 6.45) is 1.63. The number of hydrogen-bond donors (Lipinski definition) is 1. The number of carbonyl (C=O) groups excluding carboxylic acids is 2. The Kier molecular flexibility index (Phi) is 7.90. The second-order valence-corrected chi connectivity index (χ2v) is 8.61. The number of halogens is 1. The number of methoxy groups -OCH3 is 1. The largest absolute Gasteiger partial charge is 0.478 e. The van der Waals surface area contributed by atoms with Gasteiger partial charge in [-0.05, 0) is 23.6 Å². The van der Waals surface area contributed by atoms with Crippen LogP contribution in [-0.4, -0.2) is 52.5 Å². The van der Waals surface area contributed by atoms with Crippen LogP contribution in [0.3, 0.4) is 0 Å². The number of likely N-dealkylation sites (tertiary alicyclic amines) is 1. The van der Waals surface area contributed by atoms with Crippen molar-refractivity contribution < 1.29 is 24.2 Å². The fraction of sp³-hybridized carbons (Fsp3) is 0.261. The predicted octanol–water partition coefficient (Wildman–Crippen LogP) is 4.21. The van der Waals surface area contributed by atoms with Gasteiger partial charge in [0.25, 0.3) is 0 Å². The molecule has 0 aliphatic carbocycles. The van der Waals surface area contributed by atoms with E-state index in [0.29, 0.717) is 34.7 Å².